The highest BCUT2D eigenvalue weighted by molar-refractivity contribution is 7.90. The molecule has 246 valence electrons. The molecule has 4 atom stereocenters. The van der Waals surface area contributed by atoms with E-state index in [1.807, 2.05) is 4.90 Å². The second-order valence-electron chi connectivity index (χ2n) is 13.1. The van der Waals surface area contributed by atoms with E-state index in [1.54, 1.807) is 48.5 Å². The zero-order valence-electron chi connectivity index (χ0n) is 27.0. The standard InChI is InChI=1S/C37H46ClN3O4S/c1-4-33(28-19-22-41(23-20-28)36(43)29-12-14-31(38)15-13-29)37(30-8-6-5-7-9-30)25-39-21-18-34(37)26(2)40-35(42)24-27-10-16-32(17-11-27)46(3,44)45/h5-17,26,28,33-34,39H,4,18-25H2,1-3H3,(H,40,42)/t26-,33?,34?,37?/m1/s1. The largest absolute Gasteiger partial charge is 0.353 e. The summed E-state index contributed by atoms with van der Waals surface area (Å²) in [7, 11) is -3.29. The van der Waals surface area contributed by atoms with Crippen molar-refractivity contribution in [3.8, 4) is 0 Å². The van der Waals surface area contributed by atoms with Crippen molar-refractivity contribution >= 4 is 33.3 Å². The van der Waals surface area contributed by atoms with Gasteiger partial charge in [0.15, 0.2) is 9.84 Å². The van der Waals surface area contributed by atoms with E-state index in [9.17, 15) is 18.0 Å². The summed E-state index contributed by atoms with van der Waals surface area (Å²) in [5.74, 6) is 0.968. The van der Waals surface area contributed by atoms with Gasteiger partial charge in [0.05, 0.1) is 11.3 Å². The van der Waals surface area contributed by atoms with Crippen molar-refractivity contribution in [2.75, 3.05) is 32.4 Å². The second kappa shape index (κ2) is 14.7. The van der Waals surface area contributed by atoms with Crippen LogP contribution in [0.5, 0.6) is 0 Å². The minimum Gasteiger partial charge on any atom is -0.353 e. The van der Waals surface area contributed by atoms with Crippen LogP contribution in [0, 0.1) is 17.8 Å². The molecule has 0 aliphatic carbocycles. The topological polar surface area (TPSA) is 95.6 Å². The third-order valence-electron chi connectivity index (χ3n) is 10.3. The summed E-state index contributed by atoms with van der Waals surface area (Å²) in [5, 5.41) is 7.71. The summed E-state index contributed by atoms with van der Waals surface area (Å²) in [4.78, 5) is 28.9. The molecular formula is C37H46ClN3O4S. The molecule has 7 nitrogen and oxygen atoms in total. The number of amides is 2. The van der Waals surface area contributed by atoms with E-state index < -0.39 is 9.84 Å². The maximum atomic E-state index is 13.4. The number of nitrogens with zero attached hydrogens (tertiary/aromatic N) is 1. The Morgan fingerprint density at radius 1 is 0.978 bits per heavy atom. The Labute approximate surface area is 279 Å². The summed E-state index contributed by atoms with van der Waals surface area (Å²) in [6.07, 6.45) is 5.17. The SMILES string of the molecule is CCC(C1CCN(C(=O)c2ccc(Cl)cc2)CC1)C1(c2ccccc2)CNCCC1[C@@H](C)NC(=O)Cc1ccc(S(C)(=O)=O)cc1. The van der Waals surface area contributed by atoms with Crippen molar-refractivity contribution in [1.29, 1.82) is 0 Å². The Hall–Kier alpha value is -3.20. The van der Waals surface area contributed by atoms with Crippen molar-refractivity contribution in [3.05, 3.63) is 101 Å². The number of nitrogens with one attached hydrogen (secondary N) is 2. The number of carbonyl (C=O) groups is 2. The molecule has 0 bridgehead atoms. The van der Waals surface area contributed by atoms with Crippen LogP contribution in [-0.2, 0) is 26.5 Å². The molecule has 9 heteroatoms. The number of hydrogen-bond donors (Lipinski definition) is 2. The molecular weight excluding hydrogens is 618 g/mol. The van der Waals surface area contributed by atoms with Gasteiger partial charge in [0.25, 0.3) is 5.91 Å². The molecule has 2 N–H and O–H groups in total. The molecule has 2 fully saturated rings. The average Bonchev–Trinajstić information content (AvgIpc) is 3.05. The predicted octanol–water partition coefficient (Wildman–Crippen LogP) is 5.92. The van der Waals surface area contributed by atoms with Gasteiger partial charge in [0.2, 0.25) is 5.91 Å². The van der Waals surface area contributed by atoms with Crippen LogP contribution in [0.1, 0.15) is 61.0 Å². The number of sulfone groups is 1. The van der Waals surface area contributed by atoms with E-state index in [0.717, 1.165) is 57.4 Å². The highest BCUT2D eigenvalue weighted by atomic mass is 35.5. The zero-order chi connectivity index (χ0) is 32.9. The number of piperidine rings is 2. The lowest BCUT2D eigenvalue weighted by atomic mass is 9.53. The molecule has 2 heterocycles. The number of halogens is 1. The fourth-order valence-corrected chi connectivity index (χ4v) is 8.92. The van der Waals surface area contributed by atoms with Gasteiger partial charge >= 0.3 is 0 Å². The van der Waals surface area contributed by atoms with Gasteiger partial charge in [-0.1, -0.05) is 67.4 Å². The molecule has 3 aromatic carbocycles. The first-order valence-corrected chi connectivity index (χ1v) is 18.7. The summed E-state index contributed by atoms with van der Waals surface area (Å²) in [6, 6.07) is 24.4. The Bertz CT molecular complexity index is 1590. The fraction of sp³-hybridized carbons (Fsp3) is 0.459. The molecule has 2 aliphatic heterocycles. The normalized spacial score (nSPS) is 22.2. The van der Waals surface area contributed by atoms with Gasteiger partial charge in [-0.2, -0.15) is 0 Å². The second-order valence-corrected chi connectivity index (χ2v) is 15.5. The first-order chi connectivity index (χ1) is 22.0. The maximum absolute atomic E-state index is 13.4. The zero-order valence-corrected chi connectivity index (χ0v) is 28.6. The highest BCUT2D eigenvalue weighted by Gasteiger charge is 2.52. The summed E-state index contributed by atoms with van der Waals surface area (Å²) in [6.45, 7) is 7.58. The molecule has 0 saturated carbocycles. The van der Waals surface area contributed by atoms with E-state index in [0.29, 0.717) is 22.4 Å². The molecule has 3 aromatic rings. The summed E-state index contributed by atoms with van der Waals surface area (Å²) >= 11 is 6.05. The van der Waals surface area contributed by atoms with Crippen LogP contribution in [0.3, 0.4) is 0 Å². The molecule has 3 unspecified atom stereocenters. The first kappa shape index (κ1) is 34.1. The minimum atomic E-state index is -3.29. The summed E-state index contributed by atoms with van der Waals surface area (Å²) < 4.78 is 23.7. The lowest BCUT2D eigenvalue weighted by Crippen LogP contribution is -2.61. The van der Waals surface area contributed by atoms with Crippen molar-refractivity contribution in [2.24, 2.45) is 17.8 Å². The Morgan fingerprint density at radius 3 is 2.24 bits per heavy atom. The molecule has 2 saturated heterocycles. The maximum Gasteiger partial charge on any atom is 0.253 e. The third-order valence-corrected chi connectivity index (χ3v) is 11.7. The number of rotatable bonds is 10. The van der Waals surface area contributed by atoms with Crippen LogP contribution in [0.2, 0.25) is 5.02 Å². The van der Waals surface area contributed by atoms with Gasteiger partial charge in [-0.05, 0) is 98.0 Å². The van der Waals surface area contributed by atoms with Crippen LogP contribution in [-0.4, -0.2) is 63.6 Å². The van der Waals surface area contributed by atoms with E-state index in [1.165, 1.54) is 11.8 Å². The van der Waals surface area contributed by atoms with Crippen molar-refractivity contribution in [2.45, 2.75) is 62.3 Å². The number of carbonyl (C=O) groups excluding carboxylic acids is 2. The molecule has 2 aliphatic rings. The third kappa shape index (κ3) is 7.50. The van der Waals surface area contributed by atoms with Gasteiger partial charge in [-0.3, -0.25) is 9.59 Å². The van der Waals surface area contributed by atoms with Crippen molar-refractivity contribution in [1.82, 2.24) is 15.5 Å². The van der Waals surface area contributed by atoms with Crippen molar-refractivity contribution < 1.29 is 18.0 Å². The monoisotopic (exact) mass is 663 g/mol. The molecule has 2 amide bonds. The van der Waals surface area contributed by atoms with Gasteiger partial charge in [-0.25, -0.2) is 8.42 Å². The molecule has 0 aromatic heterocycles. The number of hydrogen-bond acceptors (Lipinski definition) is 5. The highest BCUT2D eigenvalue weighted by Crippen LogP contribution is 2.50. The van der Waals surface area contributed by atoms with E-state index in [2.05, 4.69) is 54.8 Å². The van der Waals surface area contributed by atoms with Crippen LogP contribution in [0.4, 0.5) is 0 Å². The summed E-state index contributed by atoms with van der Waals surface area (Å²) in [5.41, 5.74) is 2.55. The van der Waals surface area contributed by atoms with E-state index in [4.69, 9.17) is 11.6 Å². The Morgan fingerprint density at radius 2 is 1.63 bits per heavy atom. The van der Waals surface area contributed by atoms with Crippen LogP contribution >= 0.6 is 11.6 Å². The Balaban J connectivity index is 1.35. The molecule has 0 spiro atoms. The minimum absolute atomic E-state index is 0.0560. The molecule has 46 heavy (non-hydrogen) atoms. The predicted molar refractivity (Wildman–Crippen MR) is 184 cm³/mol. The van der Waals surface area contributed by atoms with Crippen LogP contribution in [0.15, 0.2) is 83.8 Å². The fourth-order valence-electron chi connectivity index (χ4n) is 8.17. The smallest absolute Gasteiger partial charge is 0.253 e. The quantitative estimate of drug-likeness (QED) is 0.281. The van der Waals surface area contributed by atoms with Gasteiger partial charge in [-0.15, -0.1) is 0 Å². The van der Waals surface area contributed by atoms with Crippen molar-refractivity contribution in [3.63, 3.8) is 0 Å². The van der Waals surface area contributed by atoms with E-state index >= 15 is 0 Å². The molecule has 5 rings (SSSR count). The van der Waals surface area contributed by atoms with Crippen LogP contribution in [0.25, 0.3) is 0 Å². The number of likely N-dealkylation sites (tertiary alicyclic amines) is 1. The first-order valence-electron chi connectivity index (χ1n) is 16.4. The van der Waals surface area contributed by atoms with Gasteiger partial charge in [0, 0.05) is 47.9 Å². The lowest BCUT2D eigenvalue weighted by Gasteiger charge is -2.55. The van der Waals surface area contributed by atoms with Gasteiger partial charge < -0.3 is 15.5 Å². The Kier molecular flexibility index (Phi) is 10.9. The number of benzene rings is 3. The molecule has 0 radical (unpaired) electrons. The van der Waals surface area contributed by atoms with E-state index in [-0.39, 0.29) is 40.5 Å². The average molecular weight is 664 g/mol. The lowest BCUT2D eigenvalue weighted by molar-refractivity contribution is -0.121. The van der Waals surface area contributed by atoms with Crippen LogP contribution < -0.4 is 10.6 Å². The van der Waals surface area contributed by atoms with Gasteiger partial charge in [0.1, 0.15) is 0 Å².